The maximum Gasteiger partial charge on any atom is 0.143 e. The van der Waals surface area contributed by atoms with Crippen LogP contribution in [0.25, 0.3) is 0 Å². The smallest absolute Gasteiger partial charge is 0.143 e. The van der Waals surface area contributed by atoms with Crippen LogP contribution in [0.5, 0.6) is 0 Å². The molecule has 1 N–H and O–H groups in total. The number of nitrogens with zero attached hydrogens (tertiary/aromatic N) is 2. The van der Waals surface area contributed by atoms with Crippen LogP contribution >= 0.6 is 27.5 Å². The van der Waals surface area contributed by atoms with E-state index in [4.69, 9.17) is 11.6 Å². The van der Waals surface area contributed by atoms with Crippen molar-refractivity contribution < 1.29 is 5.11 Å². The third-order valence-corrected chi connectivity index (χ3v) is 3.94. The summed E-state index contributed by atoms with van der Waals surface area (Å²) in [7, 11) is 0. The van der Waals surface area contributed by atoms with Gasteiger partial charge in [0, 0.05) is 12.7 Å². The molecule has 0 bridgehead atoms. The average molecular weight is 320 g/mol. The van der Waals surface area contributed by atoms with Gasteiger partial charge >= 0.3 is 0 Å². The van der Waals surface area contributed by atoms with E-state index in [0.29, 0.717) is 5.02 Å². The number of halogens is 2. The molecule has 3 nitrogen and oxygen atoms in total. The molecule has 0 aliphatic carbocycles. The Morgan fingerprint density at radius 2 is 2.29 bits per heavy atom. The Balaban J connectivity index is 2.28. The third-order valence-electron chi connectivity index (χ3n) is 3.15. The van der Waals surface area contributed by atoms with Crippen molar-refractivity contribution in [2.24, 2.45) is 0 Å². The molecule has 0 aromatic carbocycles. The first-order valence-electron chi connectivity index (χ1n) is 5.91. The van der Waals surface area contributed by atoms with Crippen LogP contribution in [0, 0.1) is 0 Å². The van der Waals surface area contributed by atoms with Crippen LogP contribution < -0.4 is 4.90 Å². The van der Waals surface area contributed by atoms with E-state index in [9.17, 15) is 5.11 Å². The van der Waals surface area contributed by atoms with Crippen molar-refractivity contribution >= 4 is 33.3 Å². The van der Waals surface area contributed by atoms with Gasteiger partial charge in [-0.2, -0.15) is 0 Å². The lowest BCUT2D eigenvalue weighted by Crippen LogP contribution is -2.38. The van der Waals surface area contributed by atoms with Gasteiger partial charge in [-0.15, -0.1) is 0 Å². The lowest BCUT2D eigenvalue weighted by Gasteiger charge is -2.30. The highest BCUT2D eigenvalue weighted by molar-refractivity contribution is 9.10. The lowest BCUT2D eigenvalue weighted by atomic mass is 10.1. The molecule has 2 rings (SSSR count). The van der Waals surface area contributed by atoms with E-state index in [2.05, 4.69) is 25.8 Å². The summed E-state index contributed by atoms with van der Waals surface area (Å²) in [4.78, 5) is 6.57. The van der Waals surface area contributed by atoms with Gasteiger partial charge in [0.25, 0.3) is 0 Å². The molecule has 0 radical (unpaired) electrons. The zero-order valence-electron chi connectivity index (χ0n) is 9.57. The molecule has 0 spiro atoms. The number of rotatable bonds is 2. The highest BCUT2D eigenvalue weighted by atomic mass is 79.9. The molecule has 1 fully saturated rings. The maximum atomic E-state index is 9.48. The zero-order valence-corrected chi connectivity index (χ0v) is 11.9. The normalized spacial score (nSPS) is 21.4. The van der Waals surface area contributed by atoms with Crippen molar-refractivity contribution in [3.05, 3.63) is 21.8 Å². The Hall–Kier alpha value is -0.320. The molecule has 0 amide bonds. The molecule has 94 valence electrons. The highest BCUT2D eigenvalue weighted by Gasteiger charge is 2.23. The second-order valence-corrected chi connectivity index (χ2v) is 5.63. The molecule has 1 aromatic heterocycles. The molecule has 17 heavy (non-hydrogen) atoms. The van der Waals surface area contributed by atoms with Crippen molar-refractivity contribution in [1.82, 2.24) is 4.98 Å². The Morgan fingerprint density at radius 3 is 3.00 bits per heavy atom. The Bertz CT molecular complexity index is 389. The fraction of sp³-hybridized carbons (Fsp3) is 0.583. The highest BCUT2D eigenvalue weighted by Crippen LogP contribution is 2.30. The summed E-state index contributed by atoms with van der Waals surface area (Å²) in [6, 6.07) is 2.02. The number of aliphatic hydroxyl groups excluding tert-OH is 1. The van der Waals surface area contributed by atoms with Crippen LogP contribution in [0.2, 0.25) is 5.02 Å². The van der Waals surface area contributed by atoms with Crippen LogP contribution in [0.4, 0.5) is 5.82 Å². The summed E-state index contributed by atoms with van der Waals surface area (Å²) >= 11 is 9.39. The second kappa shape index (κ2) is 6.03. The number of aliphatic hydroxyl groups is 1. The van der Waals surface area contributed by atoms with E-state index in [0.717, 1.165) is 29.7 Å². The van der Waals surface area contributed by atoms with Gasteiger partial charge in [0.2, 0.25) is 0 Å². The summed E-state index contributed by atoms with van der Waals surface area (Å²) in [5, 5.41) is 10.1. The minimum Gasteiger partial charge on any atom is -0.394 e. The molecular weight excluding hydrogens is 304 g/mol. The largest absolute Gasteiger partial charge is 0.394 e. The predicted octanol–water partition coefficient (Wildman–Crippen LogP) is 3.24. The molecule has 0 saturated carbocycles. The summed E-state index contributed by atoms with van der Waals surface area (Å²) in [6.45, 7) is 1.12. The second-order valence-electron chi connectivity index (χ2n) is 4.34. The molecule has 1 aromatic rings. The van der Waals surface area contributed by atoms with Crippen LogP contribution in [0.3, 0.4) is 0 Å². The van der Waals surface area contributed by atoms with Gasteiger partial charge in [0.15, 0.2) is 0 Å². The number of pyridine rings is 1. The van der Waals surface area contributed by atoms with Crippen LogP contribution in [-0.4, -0.2) is 29.3 Å². The Morgan fingerprint density at radius 1 is 1.47 bits per heavy atom. The topological polar surface area (TPSA) is 36.4 Å². The zero-order chi connectivity index (χ0) is 12.3. The summed E-state index contributed by atoms with van der Waals surface area (Å²) < 4.78 is 0.894. The summed E-state index contributed by atoms with van der Waals surface area (Å²) in [5.74, 6) is 0.885. The molecule has 1 saturated heterocycles. The molecule has 1 atom stereocenters. The summed E-state index contributed by atoms with van der Waals surface area (Å²) in [5.41, 5.74) is 0. The van der Waals surface area contributed by atoms with Crippen LogP contribution in [0.15, 0.2) is 16.7 Å². The lowest BCUT2D eigenvalue weighted by molar-refractivity contribution is 0.254. The Kier molecular flexibility index (Phi) is 4.65. The number of anilines is 1. The van der Waals surface area contributed by atoms with Crippen LogP contribution in [-0.2, 0) is 0 Å². The quantitative estimate of drug-likeness (QED) is 0.909. The van der Waals surface area contributed by atoms with Gasteiger partial charge in [-0.3, -0.25) is 0 Å². The fourth-order valence-corrected chi connectivity index (χ4v) is 3.13. The first-order chi connectivity index (χ1) is 8.22. The minimum atomic E-state index is 0.169. The number of hydrogen-bond acceptors (Lipinski definition) is 3. The van der Waals surface area contributed by atoms with Gasteiger partial charge in [-0.25, -0.2) is 4.98 Å². The first-order valence-corrected chi connectivity index (χ1v) is 7.08. The van der Waals surface area contributed by atoms with Gasteiger partial charge in [-0.1, -0.05) is 24.4 Å². The standard InChI is InChI=1S/C12H16BrClN2O/c13-11-6-9(14)7-15-12(11)16-5-3-1-2-4-10(16)8-17/h6-7,10,17H,1-5,8H2. The van der Waals surface area contributed by atoms with E-state index in [1.54, 1.807) is 6.20 Å². The molecule has 1 unspecified atom stereocenters. The van der Waals surface area contributed by atoms with Crippen molar-refractivity contribution in [3.8, 4) is 0 Å². The Labute approximate surface area is 115 Å². The van der Waals surface area contributed by atoms with E-state index in [-0.39, 0.29) is 12.6 Å². The first kappa shape index (κ1) is 13.1. The molecule has 5 heteroatoms. The molecular formula is C12H16BrClN2O. The van der Waals surface area contributed by atoms with Crippen molar-refractivity contribution in [2.75, 3.05) is 18.1 Å². The summed E-state index contributed by atoms with van der Waals surface area (Å²) in [6.07, 6.45) is 6.21. The average Bonchev–Trinajstić information content (AvgIpc) is 2.54. The SMILES string of the molecule is OCC1CCCCCN1c1ncc(Cl)cc1Br. The van der Waals surface area contributed by atoms with Gasteiger partial charge < -0.3 is 10.0 Å². The van der Waals surface area contributed by atoms with E-state index >= 15 is 0 Å². The fourth-order valence-electron chi connectivity index (χ4n) is 2.26. The monoisotopic (exact) mass is 318 g/mol. The number of aromatic nitrogens is 1. The predicted molar refractivity (Wildman–Crippen MR) is 73.6 cm³/mol. The van der Waals surface area contributed by atoms with Crippen molar-refractivity contribution in [1.29, 1.82) is 0 Å². The maximum absolute atomic E-state index is 9.48. The minimum absolute atomic E-state index is 0.169. The van der Waals surface area contributed by atoms with E-state index < -0.39 is 0 Å². The molecule has 1 aliphatic rings. The molecule has 2 heterocycles. The molecule has 1 aliphatic heterocycles. The van der Waals surface area contributed by atoms with Crippen molar-refractivity contribution in [3.63, 3.8) is 0 Å². The van der Waals surface area contributed by atoms with E-state index in [1.165, 1.54) is 12.8 Å². The third kappa shape index (κ3) is 3.12. The van der Waals surface area contributed by atoms with Gasteiger partial charge in [-0.05, 0) is 34.8 Å². The number of hydrogen-bond donors (Lipinski definition) is 1. The van der Waals surface area contributed by atoms with Crippen molar-refractivity contribution in [2.45, 2.75) is 31.7 Å². The van der Waals surface area contributed by atoms with Gasteiger partial charge in [0.05, 0.1) is 22.1 Å². The van der Waals surface area contributed by atoms with E-state index in [1.807, 2.05) is 6.07 Å². The van der Waals surface area contributed by atoms with Gasteiger partial charge in [0.1, 0.15) is 5.82 Å². The van der Waals surface area contributed by atoms with Crippen LogP contribution in [0.1, 0.15) is 25.7 Å².